The molecule has 0 atom stereocenters. The Labute approximate surface area is 118 Å². The first-order chi connectivity index (χ1) is 9.54. The fourth-order valence-electron chi connectivity index (χ4n) is 2.66. The lowest BCUT2D eigenvalue weighted by Gasteiger charge is -2.26. The molecule has 1 aliphatic rings. The molecule has 2 N–H and O–H groups in total. The summed E-state index contributed by atoms with van der Waals surface area (Å²) in [4.78, 5) is 25.9. The number of H-pyrrole nitrogens is 1. The Morgan fingerprint density at radius 3 is 2.85 bits per heavy atom. The predicted molar refractivity (Wildman–Crippen MR) is 77.9 cm³/mol. The maximum atomic E-state index is 12.3. The van der Waals surface area contributed by atoms with Gasteiger partial charge in [0.25, 0.3) is 5.56 Å². The summed E-state index contributed by atoms with van der Waals surface area (Å²) in [5, 5.41) is 9.77. The van der Waals surface area contributed by atoms with Crippen molar-refractivity contribution in [3.05, 3.63) is 21.6 Å². The molecule has 0 saturated carbocycles. The third-order valence-electron chi connectivity index (χ3n) is 3.67. The van der Waals surface area contributed by atoms with Gasteiger partial charge in [-0.15, -0.1) is 0 Å². The van der Waals surface area contributed by atoms with Crippen LogP contribution in [0, 0.1) is 0 Å². The van der Waals surface area contributed by atoms with Crippen LogP contribution in [-0.4, -0.2) is 40.1 Å². The summed E-state index contributed by atoms with van der Waals surface area (Å²) in [5.41, 5.74) is 1.97. The number of hydrogen-bond donors (Lipinski definition) is 2. The second-order valence-corrected chi connectivity index (χ2v) is 5.33. The number of rotatable bonds is 4. The average molecular weight is 278 g/mol. The Hall–Kier alpha value is -1.85. The van der Waals surface area contributed by atoms with Crippen molar-refractivity contribution in [1.82, 2.24) is 15.1 Å². The molecule has 2 rings (SSSR count). The molecule has 6 heteroatoms. The lowest BCUT2D eigenvalue weighted by molar-refractivity contribution is -0.131. The highest BCUT2D eigenvalue weighted by Crippen LogP contribution is 2.22. The summed E-state index contributed by atoms with van der Waals surface area (Å²) in [7, 11) is 0. The van der Waals surface area contributed by atoms with Crippen LogP contribution in [0.5, 0.6) is 0 Å². The maximum Gasteiger partial charge on any atom is 0.269 e. The minimum absolute atomic E-state index is 0.0385. The molecule has 1 amide bonds. The van der Waals surface area contributed by atoms with Crippen LogP contribution in [0.4, 0.5) is 5.69 Å². The van der Waals surface area contributed by atoms with Crippen LogP contribution in [0.15, 0.2) is 4.79 Å². The second-order valence-electron chi connectivity index (χ2n) is 5.33. The van der Waals surface area contributed by atoms with Crippen molar-refractivity contribution in [3.8, 4) is 0 Å². The summed E-state index contributed by atoms with van der Waals surface area (Å²) in [6, 6.07) is 0.166. The number of likely N-dealkylation sites (N-methyl/N-ethyl adjacent to an activating group) is 1. The molecule has 0 aliphatic carbocycles. The highest BCUT2D eigenvalue weighted by Gasteiger charge is 2.22. The number of fused-ring (bicyclic) bond motifs is 1. The molecule has 0 spiro atoms. The van der Waals surface area contributed by atoms with E-state index in [2.05, 4.69) is 15.5 Å². The van der Waals surface area contributed by atoms with Gasteiger partial charge in [-0.3, -0.25) is 9.59 Å². The van der Waals surface area contributed by atoms with Gasteiger partial charge in [-0.1, -0.05) is 0 Å². The first-order valence-corrected chi connectivity index (χ1v) is 7.18. The molecule has 20 heavy (non-hydrogen) atoms. The number of nitrogens with one attached hydrogen (secondary N) is 2. The van der Waals surface area contributed by atoms with Crippen molar-refractivity contribution >= 4 is 11.6 Å². The molecule has 1 aromatic heterocycles. The Bertz CT molecular complexity index is 551. The van der Waals surface area contributed by atoms with Gasteiger partial charge in [-0.2, -0.15) is 5.10 Å². The zero-order valence-corrected chi connectivity index (χ0v) is 12.3. The van der Waals surface area contributed by atoms with E-state index in [1.807, 2.05) is 25.7 Å². The van der Waals surface area contributed by atoms with E-state index in [1.54, 1.807) is 0 Å². The molecule has 0 fully saturated rings. The summed E-state index contributed by atoms with van der Waals surface area (Å²) in [6.07, 6.45) is 1.89. The van der Waals surface area contributed by atoms with Crippen molar-refractivity contribution in [2.24, 2.45) is 0 Å². The fourth-order valence-corrected chi connectivity index (χ4v) is 2.66. The Balaban J connectivity index is 2.26. The van der Waals surface area contributed by atoms with Crippen molar-refractivity contribution in [2.45, 2.75) is 46.1 Å². The van der Waals surface area contributed by atoms with Gasteiger partial charge in [0, 0.05) is 24.7 Å². The van der Waals surface area contributed by atoms with Crippen molar-refractivity contribution < 1.29 is 4.79 Å². The van der Waals surface area contributed by atoms with Gasteiger partial charge in [0.1, 0.15) is 0 Å². The van der Waals surface area contributed by atoms with E-state index < -0.39 is 0 Å². The number of aromatic amines is 1. The number of amides is 1. The molecule has 2 heterocycles. The van der Waals surface area contributed by atoms with Gasteiger partial charge in [0.2, 0.25) is 5.91 Å². The zero-order valence-electron chi connectivity index (χ0n) is 12.3. The van der Waals surface area contributed by atoms with Gasteiger partial charge in [-0.05, 0) is 33.6 Å². The minimum Gasteiger partial charge on any atom is -0.383 e. The summed E-state index contributed by atoms with van der Waals surface area (Å²) in [5.74, 6) is 0.0385. The van der Waals surface area contributed by atoms with Crippen LogP contribution in [-0.2, 0) is 17.6 Å². The minimum atomic E-state index is -0.153. The number of nitrogens with zero attached hydrogens (tertiary/aromatic N) is 2. The fraction of sp³-hybridized carbons (Fsp3) is 0.643. The van der Waals surface area contributed by atoms with Crippen LogP contribution < -0.4 is 10.9 Å². The summed E-state index contributed by atoms with van der Waals surface area (Å²) in [6.45, 7) is 7.45. The standard InChI is InChI=1S/C14H22N4O2/c1-4-18(9(2)3)12(19)8-11-13-10(6-5-7-15-13)14(20)17-16-11/h9,15H,4-8H2,1-3H3,(H,17,20). The molecule has 0 saturated heterocycles. The lowest BCUT2D eigenvalue weighted by atomic mass is 10.0. The van der Waals surface area contributed by atoms with E-state index in [-0.39, 0.29) is 23.9 Å². The van der Waals surface area contributed by atoms with E-state index in [0.717, 1.165) is 30.6 Å². The Kier molecular flexibility index (Phi) is 4.42. The molecule has 1 aliphatic heterocycles. The molecule has 0 aromatic carbocycles. The molecular weight excluding hydrogens is 256 g/mol. The molecular formula is C14H22N4O2. The first-order valence-electron chi connectivity index (χ1n) is 7.18. The SMILES string of the molecule is CCN(C(=O)Cc1n[nH]c(=O)c2c1NCCC2)C(C)C. The monoisotopic (exact) mass is 278 g/mol. The topological polar surface area (TPSA) is 78.1 Å². The number of hydrogen-bond acceptors (Lipinski definition) is 4. The third kappa shape index (κ3) is 2.84. The van der Waals surface area contributed by atoms with Gasteiger partial charge in [-0.25, -0.2) is 5.10 Å². The zero-order chi connectivity index (χ0) is 14.7. The first kappa shape index (κ1) is 14.6. The quantitative estimate of drug-likeness (QED) is 0.858. The van der Waals surface area contributed by atoms with Crippen molar-refractivity contribution in [1.29, 1.82) is 0 Å². The Morgan fingerprint density at radius 1 is 1.45 bits per heavy atom. The molecule has 0 radical (unpaired) electrons. The van der Waals surface area contributed by atoms with Crippen molar-refractivity contribution in [2.75, 3.05) is 18.4 Å². The van der Waals surface area contributed by atoms with Crippen LogP contribution in [0.1, 0.15) is 38.4 Å². The smallest absolute Gasteiger partial charge is 0.269 e. The van der Waals surface area contributed by atoms with E-state index in [1.165, 1.54) is 0 Å². The second kappa shape index (κ2) is 6.07. The molecule has 0 bridgehead atoms. The molecule has 110 valence electrons. The molecule has 0 unspecified atom stereocenters. The molecule has 1 aromatic rings. The normalized spacial score (nSPS) is 13.8. The Morgan fingerprint density at radius 2 is 2.20 bits per heavy atom. The molecule has 6 nitrogen and oxygen atoms in total. The van der Waals surface area contributed by atoms with Gasteiger partial charge < -0.3 is 10.2 Å². The lowest BCUT2D eigenvalue weighted by Crippen LogP contribution is -2.38. The van der Waals surface area contributed by atoms with Gasteiger partial charge >= 0.3 is 0 Å². The van der Waals surface area contributed by atoms with E-state index in [4.69, 9.17) is 0 Å². The number of aromatic nitrogens is 2. The number of carbonyl (C=O) groups excluding carboxylic acids is 1. The van der Waals surface area contributed by atoms with Crippen LogP contribution in [0.2, 0.25) is 0 Å². The number of anilines is 1. The van der Waals surface area contributed by atoms with Crippen LogP contribution in [0.3, 0.4) is 0 Å². The highest BCUT2D eigenvalue weighted by molar-refractivity contribution is 5.80. The predicted octanol–water partition coefficient (Wildman–Crippen LogP) is 0.927. The number of carbonyl (C=O) groups is 1. The third-order valence-corrected chi connectivity index (χ3v) is 3.67. The van der Waals surface area contributed by atoms with Crippen LogP contribution in [0.25, 0.3) is 0 Å². The van der Waals surface area contributed by atoms with Gasteiger partial charge in [0.15, 0.2) is 0 Å². The van der Waals surface area contributed by atoms with E-state index in [9.17, 15) is 9.59 Å². The van der Waals surface area contributed by atoms with Gasteiger partial charge in [0.05, 0.1) is 17.8 Å². The highest BCUT2D eigenvalue weighted by atomic mass is 16.2. The summed E-state index contributed by atoms with van der Waals surface area (Å²) >= 11 is 0. The largest absolute Gasteiger partial charge is 0.383 e. The van der Waals surface area contributed by atoms with E-state index in [0.29, 0.717) is 12.2 Å². The van der Waals surface area contributed by atoms with Crippen LogP contribution >= 0.6 is 0 Å². The summed E-state index contributed by atoms with van der Waals surface area (Å²) < 4.78 is 0. The maximum absolute atomic E-state index is 12.3. The average Bonchev–Trinajstić information content (AvgIpc) is 2.42. The van der Waals surface area contributed by atoms with E-state index >= 15 is 0 Å². The van der Waals surface area contributed by atoms with Crippen molar-refractivity contribution in [3.63, 3.8) is 0 Å².